The molecule has 0 spiro atoms. The molecule has 106 valence electrons. The molecule has 2 rings (SSSR count). The Balaban J connectivity index is 2.11. The maximum absolute atomic E-state index is 12.7. The lowest BCUT2D eigenvalue weighted by molar-refractivity contribution is -0.137. The van der Waals surface area contributed by atoms with E-state index in [0.717, 1.165) is 38.1 Å². The minimum atomic E-state index is -4.34. The van der Waals surface area contributed by atoms with Crippen molar-refractivity contribution in [2.24, 2.45) is 0 Å². The minimum Gasteiger partial charge on any atom is -0.381 e. The van der Waals surface area contributed by atoms with E-state index in [9.17, 15) is 13.2 Å². The molecule has 0 amide bonds. The van der Waals surface area contributed by atoms with Gasteiger partial charge in [0.15, 0.2) is 0 Å². The van der Waals surface area contributed by atoms with E-state index in [2.05, 4.69) is 10.2 Å². The molecule has 0 aromatic heterocycles. The second kappa shape index (κ2) is 5.59. The van der Waals surface area contributed by atoms with Gasteiger partial charge >= 0.3 is 6.18 Å². The van der Waals surface area contributed by atoms with Gasteiger partial charge in [0.05, 0.1) is 16.3 Å². The summed E-state index contributed by atoms with van der Waals surface area (Å²) in [6.07, 6.45) is -2.53. The van der Waals surface area contributed by atoms with Gasteiger partial charge in [0, 0.05) is 6.04 Å². The molecule has 0 unspecified atom stereocenters. The average molecular weight is 293 g/mol. The Bertz CT molecular complexity index is 440. The lowest BCUT2D eigenvalue weighted by Crippen LogP contribution is -2.36. The topological polar surface area (TPSA) is 15.3 Å². The van der Waals surface area contributed by atoms with Crippen LogP contribution in [0.15, 0.2) is 18.2 Å². The number of alkyl halides is 3. The van der Waals surface area contributed by atoms with E-state index in [4.69, 9.17) is 11.6 Å². The highest BCUT2D eigenvalue weighted by Gasteiger charge is 2.31. The Hall–Kier alpha value is -0.940. The maximum Gasteiger partial charge on any atom is 0.416 e. The molecule has 1 fully saturated rings. The Morgan fingerprint density at radius 3 is 2.47 bits per heavy atom. The first-order valence-electron chi connectivity index (χ1n) is 6.18. The molecule has 1 N–H and O–H groups in total. The standard InChI is InChI=1S/C13H16ClF3N2/c1-19-6-4-10(5-7-19)18-12-8-9(13(15,16)17)2-3-11(12)14/h2-3,8,10,18H,4-7H2,1H3. The van der Waals surface area contributed by atoms with Crippen molar-refractivity contribution in [3.8, 4) is 0 Å². The van der Waals surface area contributed by atoms with Crippen molar-refractivity contribution < 1.29 is 13.2 Å². The Labute approximate surface area is 115 Å². The first kappa shape index (κ1) is 14.5. The van der Waals surface area contributed by atoms with E-state index in [1.165, 1.54) is 6.07 Å². The van der Waals surface area contributed by atoms with Crippen LogP contribution in [0.3, 0.4) is 0 Å². The van der Waals surface area contributed by atoms with Crippen molar-refractivity contribution in [3.05, 3.63) is 28.8 Å². The zero-order valence-corrected chi connectivity index (χ0v) is 11.4. The lowest BCUT2D eigenvalue weighted by Gasteiger charge is -2.30. The fraction of sp³-hybridized carbons (Fsp3) is 0.538. The predicted octanol–water partition coefficient (Wildman–Crippen LogP) is 3.86. The zero-order chi connectivity index (χ0) is 14.0. The molecule has 19 heavy (non-hydrogen) atoms. The number of piperidine rings is 1. The normalized spacial score (nSPS) is 18.6. The average Bonchev–Trinajstić information content (AvgIpc) is 2.33. The Kier molecular flexibility index (Phi) is 4.26. The van der Waals surface area contributed by atoms with Gasteiger partial charge in [-0.15, -0.1) is 0 Å². The number of hydrogen-bond acceptors (Lipinski definition) is 2. The van der Waals surface area contributed by atoms with Gasteiger partial charge in [-0.05, 0) is 51.2 Å². The molecule has 6 heteroatoms. The lowest BCUT2D eigenvalue weighted by atomic mass is 10.0. The molecule has 1 aliphatic rings. The van der Waals surface area contributed by atoms with Crippen LogP contribution in [-0.2, 0) is 6.18 Å². The van der Waals surface area contributed by atoms with Crippen molar-refractivity contribution in [3.63, 3.8) is 0 Å². The van der Waals surface area contributed by atoms with Crippen LogP contribution >= 0.6 is 11.6 Å². The molecule has 1 aromatic rings. The van der Waals surface area contributed by atoms with Gasteiger partial charge in [0.2, 0.25) is 0 Å². The second-order valence-electron chi connectivity index (χ2n) is 4.91. The number of rotatable bonds is 2. The zero-order valence-electron chi connectivity index (χ0n) is 10.6. The van der Waals surface area contributed by atoms with Crippen molar-refractivity contribution in [2.75, 3.05) is 25.5 Å². The predicted molar refractivity (Wildman–Crippen MR) is 70.6 cm³/mol. The number of halogens is 4. The third-order valence-electron chi connectivity index (χ3n) is 3.37. The molecule has 0 bridgehead atoms. The summed E-state index contributed by atoms with van der Waals surface area (Å²) in [6.45, 7) is 1.88. The summed E-state index contributed by atoms with van der Waals surface area (Å²) in [4.78, 5) is 2.20. The fourth-order valence-corrected chi connectivity index (χ4v) is 2.36. The quantitative estimate of drug-likeness (QED) is 0.890. The largest absolute Gasteiger partial charge is 0.416 e. The third-order valence-corrected chi connectivity index (χ3v) is 3.70. The van der Waals surface area contributed by atoms with Crippen LogP contribution < -0.4 is 5.32 Å². The summed E-state index contributed by atoms with van der Waals surface area (Å²) in [5.41, 5.74) is -0.307. The molecule has 0 atom stereocenters. The summed E-state index contributed by atoms with van der Waals surface area (Å²) in [7, 11) is 2.04. The van der Waals surface area contributed by atoms with Crippen LogP contribution in [0, 0.1) is 0 Å². The smallest absolute Gasteiger partial charge is 0.381 e. The van der Waals surface area contributed by atoms with Crippen molar-refractivity contribution in [1.29, 1.82) is 0 Å². The van der Waals surface area contributed by atoms with Gasteiger partial charge in [-0.3, -0.25) is 0 Å². The van der Waals surface area contributed by atoms with Gasteiger partial charge in [0.1, 0.15) is 0 Å². The molecule has 2 nitrogen and oxygen atoms in total. The Morgan fingerprint density at radius 2 is 1.89 bits per heavy atom. The number of benzene rings is 1. The van der Waals surface area contributed by atoms with Gasteiger partial charge in [-0.1, -0.05) is 11.6 Å². The summed E-state index contributed by atoms with van der Waals surface area (Å²) in [5.74, 6) is 0. The van der Waals surface area contributed by atoms with E-state index in [0.29, 0.717) is 10.7 Å². The minimum absolute atomic E-state index is 0.178. The van der Waals surface area contributed by atoms with Gasteiger partial charge in [-0.25, -0.2) is 0 Å². The van der Waals surface area contributed by atoms with E-state index in [-0.39, 0.29) is 6.04 Å². The van der Waals surface area contributed by atoms with E-state index in [1.54, 1.807) is 0 Å². The number of nitrogens with one attached hydrogen (secondary N) is 1. The molecule has 0 radical (unpaired) electrons. The van der Waals surface area contributed by atoms with Crippen molar-refractivity contribution in [1.82, 2.24) is 4.90 Å². The van der Waals surface area contributed by atoms with E-state index in [1.807, 2.05) is 7.05 Å². The highest BCUT2D eigenvalue weighted by Crippen LogP contribution is 2.34. The summed E-state index contributed by atoms with van der Waals surface area (Å²) in [5, 5.41) is 3.45. The van der Waals surface area contributed by atoms with E-state index < -0.39 is 11.7 Å². The third kappa shape index (κ3) is 3.76. The van der Waals surface area contributed by atoms with Crippen LogP contribution in [-0.4, -0.2) is 31.1 Å². The van der Waals surface area contributed by atoms with Gasteiger partial charge < -0.3 is 10.2 Å². The number of hydrogen-bond donors (Lipinski definition) is 1. The van der Waals surface area contributed by atoms with Crippen molar-refractivity contribution >= 4 is 17.3 Å². The summed E-state index contributed by atoms with van der Waals surface area (Å²) < 4.78 is 38.0. The summed E-state index contributed by atoms with van der Waals surface area (Å²) in [6, 6.07) is 3.56. The van der Waals surface area contributed by atoms with Crippen LogP contribution in [0.1, 0.15) is 18.4 Å². The molecular weight excluding hydrogens is 277 g/mol. The molecule has 0 aliphatic carbocycles. The van der Waals surface area contributed by atoms with Crippen LogP contribution in [0.4, 0.5) is 18.9 Å². The molecule has 1 aliphatic heterocycles. The highest BCUT2D eigenvalue weighted by atomic mass is 35.5. The number of likely N-dealkylation sites (tertiary alicyclic amines) is 1. The first-order valence-corrected chi connectivity index (χ1v) is 6.56. The molecule has 1 aromatic carbocycles. The maximum atomic E-state index is 12.7. The monoisotopic (exact) mass is 292 g/mol. The van der Waals surface area contributed by atoms with Crippen LogP contribution in [0.25, 0.3) is 0 Å². The molecule has 1 heterocycles. The van der Waals surface area contributed by atoms with Crippen LogP contribution in [0.2, 0.25) is 5.02 Å². The molecule has 1 saturated heterocycles. The van der Waals surface area contributed by atoms with Gasteiger partial charge in [0.25, 0.3) is 0 Å². The fourth-order valence-electron chi connectivity index (χ4n) is 2.19. The van der Waals surface area contributed by atoms with Crippen LogP contribution in [0.5, 0.6) is 0 Å². The van der Waals surface area contributed by atoms with Gasteiger partial charge in [-0.2, -0.15) is 13.2 Å². The highest BCUT2D eigenvalue weighted by molar-refractivity contribution is 6.33. The van der Waals surface area contributed by atoms with Crippen molar-refractivity contribution in [2.45, 2.75) is 25.1 Å². The second-order valence-corrected chi connectivity index (χ2v) is 5.32. The SMILES string of the molecule is CN1CCC(Nc2cc(C(F)(F)F)ccc2Cl)CC1. The summed E-state index contributed by atoms with van der Waals surface area (Å²) >= 11 is 5.95. The molecule has 0 saturated carbocycles. The Morgan fingerprint density at radius 1 is 1.26 bits per heavy atom. The number of nitrogens with zero attached hydrogens (tertiary/aromatic N) is 1. The molecular formula is C13H16ClF3N2. The first-order chi connectivity index (χ1) is 8.86. The van der Waals surface area contributed by atoms with E-state index >= 15 is 0 Å². The number of anilines is 1.